The summed E-state index contributed by atoms with van der Waals surface area (Å²) >= 11 is 6.53. The number of aromatic nitrogens is 3. The third-order valence-electron chi connectivity index (χ3n) is 4.25. The molecule has 0 radical (unpaired) electrons. The molecule has 5 heteroatoms. The maximum absolute atomic E-state index is 6.53. The van der Waals surface area contributed by atoms with Crippen molar-refractivity contribution in [3.8, 4) is 11.3 Å². The van der Waals surface area contributed by atoms with E-state index in [9.17, 15) is 0 Å². The van der Waals surface area contributed by atoms with E-state index in [4.69, 9.17) is 22.3 Å². The third-order valence-corrected chi connectivity index (χ3v) is 4.56. The molecule has 4 nitrogen and oxygen atoms in total. The lowest BCUT2D eigenvalue weighted by Gasteiger charge is -2.15. The second kappa shape index (κ2) is 6.82. The van der Waals surface area contributed by atoms with E-state index in [0.717, 1.165) is 44.9 Å². The molecule has 0 saturated carbocycles. The Bertz CT molecular complexity index is 999. The number of nitrogens with zero attached hydrogens (tertiary/aromatic N) is 3. The van der Waals surface area contributed by atoms with Gasteiger partial charge in [-0.2, -0.15) is 5.10 Å². The predicted octanol–water partition coefficient (Wildman–Crippen LogP) is 4.71. The second-order valence-corrected chi connectivity index (χ2v) is 6.44. The Morgan fingerprint density at radius 1 is 1.36 bits per heavy atom. The molecule has 0 atom stereocenters. The Hall–Kier alpha value is -2.43. The molecule has 25 heavy (non-hydrogen) atoms. The average Bonchev–Trinajstić information content (AvgIpc) is 2.97. The van der Waals surface area contributed by atoms with Crippen LogP contribution in [0.25, 0.3) is 22.5 Å². The summed E-state index contributed by atoms with van der Waals surface area (Å²) in [5, 5.41) is 5.23. The van der Waals surface area contributed by atoms with Crippen LogP contribution in [0.1, 0.15) is 29.3 Å². The van der Waals surface area contributed by atoms with E-state index in [1.54, 1.807) is 6.20 Å². The maximum Gasteiger partial charge on any atom is 0.163 e. The molecule has 128 valence electrons. The molecule has 2 heterocycles. The van der Waals surface area contributed by atoms with Crippen molar-refractivity contribution < 1.29 is 0 Å². The van der Waals surface area contributed by atoms with E-state index >= 15 is 0 Å². The van der Waals surface area contributed by atoms with Gasteiger partial charge in [0, 0.05) is 28.9 Å². The van der Waals surface area contributed by atoms with Gasteiger partial charge < -0.3 is 5.73 Å². The van der Waals surface area contributed by atoms with E-state index < -0.39 is 0 Å². The lowest BCUT2D eigenvalue weighted by atomic mass is 10.0. The molecule has 3 aromatic rings. The SMILES string of the molecule is C=C(/C=C\C)c1cnn2c(-c3ccc(C)cc3Cl)c(CN)c(C)nc12. The van der Waals surface area contributed by atoms with Gasteiger partial charge in [0.15, 0.2) is 5.65 Å². The number of rotatable bonds is 4. The molecule has 0 aliphatic carbocycles. The minimum Gasteiger partial charge on any atom is -0.326 e. The van der Waals surface area contributed by atoms with Crippen LogP contribution in [0.15, 0.2) is 43.1 Å². The lowest BCUT2D eigenvalue weighted by Crippen LogP contribution is -2.10. The number of fused-ring (bicyclic) bond motifs is 1. The molecule has 1 aromatic carbocycles. The van der Waals surface area contributed by atoms with Crippen LogP contribution in [0.4, 0.5) is 0 Å². The maximum atomic E-state index is 6.53. The molecule has 3 rings (SSSR count). The summed E-state index contributed by atoms with van der Waals surface area (Å²) in [5.41, 5.74) is 13.2. The fourth-order valence-corrected chi connectivity index (χ4v) is 3.31. The number of aryl methyl sites for hydroxylation is 2. The van der Waals surface area contributed by atoms with Crippen molar-refractivity contribution in [1.82, 2.24) is 14.6 Å². The van der Waals surface area contributed by atoms with Crippen molar-refractivity contribution in [3.05, 3.63) is 70.5 Å². The zero-order chi connectivity index (χ0) is 18.1. The Balaban J connectivity index is 2.38. The standard InChI is InChI=1S/C20H21ClN4/c1-5-6-13(3)17-11-23-25-19(15-8-7-12(2)9-18(15)21)16(10-22)14(4)24-20(17)25/h5-9,11H,3,10,22H2,1-2,4H3/b6-5-. The summed E-state index contributed by atoms with van der Waals surface area (Å²) < 4.78 is 1.82. The highest BCUT2D eigenvalue weighted by Crippen LogP contribution is 2.34. The van der Waals surface area contributed by atoms with Gasteiger partial charge in [-0.3, -0.25) is 0 Å². The van der Waals surface area contributed by atoms with Crippen molar-refractivity contribution in [2.75, 3.05) is 0 Å². The van der Waals surface area contributed by atoms with Gasteiger partial charge in [0.05, 0.1) is 16.9 Å². The minimum absolute atomic E-state index is 0.360. The fourth-order valence-electron chi connectivity index (χ4n) is 2.99. The van der Waals surface area contributed by atoms with Crippen molar-refractivity contribution >= 4 is 22.8 Å². The van der Waals surface area contributed by atoms with E-state index in [2.05, 4.69) is 11.7 Å². The lowest BCUT2D eigenvalue weighted by molar-refractivity contribution is 0.895. The van der Waals surface area contributed by atoms with Crippen LogP contribution < -0.4 is 5.73 Å². The molecule has 0 amide bonds. The quantitative estimate of drug-likeness (QED) is 0.691. The van der Waals surface area contributed by atoms with Crippen LogP contribution in [-0.4, -0.2) is 14.6 Å². The molecule has 0 spiro atoms. The number of hydrogen-bond donors (Lipinski definition) is 1. The highest BCUT2D eigenvalue weighted by Gasteiger charge is 2.19. The summed E-state index contributed by atoms with van der Waals surface area (Å²) in [6.07, 6.45) is 5.68. The van der Waals surface area contributed by atoms with Gasteiger partial charge in [-0.05, 0) is 38.0 Å². The first-order valence-corrected chi connectivity index (χ1v) is 8.51. The first kappa shape index (κ1) is 17.4. The zero-order valence-corrected chi connectivity index (χ0v) is 15.4. The van der Waals surface area contributed by atoms with Gasteiger partial charge in [-0.15, -0.1) is 0 Å². The zero-order valence-electron chi connectivity index (χ0n) is 14.7. The summed E-state index contributed by atoms with van der Waals surface area (Å²) in [6, 6.07) is 5.99. The summed E-state index contributed by atoms with van der Waals surface area (Å²) in [5.74, 6) is 0. The molecule has 0 aliphatic rings. The van der Waals surface area contributed by atoms with Gasteiger partial charge in [0.25, 0.3) is 0 Å². The highest BCUT2D eigenvalue weighted by molar-refractivity contribution is 6.33. The van der Waals surface area contributed by atoms with E-state index in [-0.39, 0.29) is 0 Å². The van der Waals surface area contributed by atoms with Crippen molar-refractivity contribution in [2.24, 2.45) is 5.73 Å². The van der Waals surface area contributed by atoms with Crippen LogP contribution in [0, 0.1) is 13.8 Å². The number of halogens is 1. The van der Waals surface area contributed by atoms with Crippen molar-refractivity contribution in [2.45, 2.75) is 27.3 Å². The fraction of sp³-hybridized carbons (Fsp3) is 0.200. The number of hydrogen-bond acceptors (Lipinski definition) is 3. The first-order valence-electron chi connectivity index (χ1n) is 8.13. The molecular formula is C20H21ClN4. The van der Waals surface area contributed by atoms with Crippen LogP contribution in [0.5, 0.6) is 0 Å². The molecule has 0 fully saturated rings. The van der Waals surface area contributed by atoms with Crippen LogP contribution in [-0.2, 0) is 6.54 Å². The Labute approximate surface area is 152 Å². The number of allylic oxidation sites excluding steroid dienone is 3. The first-order chi connectivity index (χ1) is 12.0. The molecular weight excluding hydrogens is 332 g/mol. The Morgan fingerprint density at radius 3 is 2.76 bits per heavy atom. The highest BCUT2D eigenvalue weighted by atomic mass is 35.5. The van der Waals surface area contributed by atoms with Crippen molar-refractivity contribution in [1.29, 1.82) is 0 Å². The Kier molecular flexibility index (Phi) is 4.75. The molecule has 0 bridgehead atoms. The largest absolute Gasteiger partial charge is 0.326 e. The van der Waals surface area contributed by atoms with Gasteiger partial charge in [-0.25, -0.2) is 9.50 Å². The number of benzene rings is 1. The van der Waals surface area contributed by atoms with Gasteiger partial charge in [-0.1, -0.05) is 42.5 Å². The van der Waals surface area contributed by atoms with E-state index in [1.165, 1.54) is 0 Å². The van der Waals surface area contributed by atoms with Crippen LogP contribution in [0.2, 0.25) is 5.02 Å². The van der Waals surface area contributed by atoms with Crippen molar-refractivity contribution in [3.63, 3.8) is 0 Å². The normalized spacial score (nSPS) is 11.6. The van der Waals surface area contributed by atoms with E-state index in [1.807, 2.05) is 55.6 Å². The topological polar surface area (TPSA) is 56.2 Å². The second-order valence-electron chi connectivity index (χ2n) is 6.03. The monoisotopic (exact) mass is 352 g/mol. The minimum atomic E-state index is 0.360. The van der Waals surface area contributed by atoms with Gasteiger partial charge in [0.2, 0.25) is 0 Å². The van der Waals surface area contributed by atoms with Crippen LogP contribution in [0.3, 0.4) is 0 Å². The Morgan fingerprint density at radius 2 is 2.12 bits per heavy atom. The molecule has 0 saturated heterocycles. The predicted molar refractivity (Wildman–Crippen MR) is 105 cm³/mol. The van der Waals surface area contributed by atoms with Gasteiger partial charge >= 0.3 is 0 Å². The summed E-state index contributed by atoms with van der Waals surface area (Å²) in [7, 11) is 0. The average molecular weight is 353 g/mol. The van der Waals surface area contributed by atoms with E-state index in [0.29, 0.717) is 11.6 Å². The molecule has 2 aromatic heterocycles. The smallest absolute Gasteiger partial charge is 0.163 e. The van der Waals surface area contributed by atoms with Gasteiger partial charge in [0.1, 0.15) is 0 Å². The number of nitrogens with two attached hydrogens (primary N) is 1. The molecule has 0 unspecified atom stereocenters. The molecule has 0 aliphatic heterocycles. The molecule has 2 N–H and O–H groups in total. The summed E-state index contributed by atoms with van der Waals surface area (Å²) in [6.45, 7) is 10.4. The summed E-state index contributed by atoms with van der Waals surface area (Å²) in [4.78, 5) is 4.73. The van der Waals surface area contributed by atoms with Crippen LogP contribution >= 0.6 is 11.6 Å². The third kappa shape index (κ3) is 2.99.